The maximum absolute atomic E-state index is 12.4. The molecule has 0 aliphatic carbocycles. The molecule has 0 atom stereocenters. The molecule has 0 saturated carbocycles. The molecule has 0 aliphatic heterocycles. The Bertz CT molecular complexity index is 933. The van der Waals surface area contributed by atoms with Crippen molar-refractivity contribution in [3.8, 4) is 0 Å². The summed E-state index contributed by atoms with van der Waals surface area (Å²) in [7, 11) is -3.63. The average Bonchev–Trinajstić information content (AvgIpc) is 2.96. The molecule has 1 heterocycles. The highest BCUT2D eigenvalue weighted by molar-refractivity contribution is 9.10. The average molecular weight is 406 g/mol. The van der Waals surface area contributed by atoms with Gasteiger partial charge in [-0.15, -0.1) is 0 Å². The van der Waals surface area contributed by atoms with Crippen molar-refractivity contribution in [1.29, 1.82) is 0 Å². The Labute approximate surface area is 149 Å². The van der Waals surface area contributed by atoms with E-state index in [2.05, 4.69) is 25.8 Å². The van der Waals surface area contributed by atoms with Gasteiger partial charge in [0, 0.05) is 16.7 Å². The Hall–Kier alpha value is -2.12. The van der Waals surface area contributed by atoms with Gasteiger partial charge in [0.05, 0.1) is 11.4 Å². The fourth-order valence-electron chi connectivity index (χ4n) is 2.20. The summed E-state index contributed by atoms with van der Waals surface area (Å²) in [6.07, 6.45) is 1.75. The maximum atomic E-state index is 12.4. The molecule has 0 spiro atoms. The summed E-state index contributed by atoms with van der Waals surface area (Å²) in [4.78, 5) is 0.218. The fraction of sp³-hybridized carbons (Fsp3) is 0.118. The van der Waals surface area contributed by atoms with E-state index in [-0.39, 0.29) is 4.90 Å². The molecular formula is C17H16BrN3O2S. The van der Waals surface area contributed by atoms with E-state index < -0.39 is 10.0 Å². The molecule has 0 fully saturated rings. The molecule has 0 unspecified atom stereocenters. The zero-order valence-electron chi connectivity index (χ0n) is 13.0. The van der Waals surface area contributed by atoms with E-state index in [1.807, 2.05) is 31.2 Å². The van der Waals surface area contributed by atoms with Crippen LogP contribution in [0.1, 0.15) is 11.1 Å². The van der Waals surface area contributed by atoms with Gasteiger partial charge in [0.1, 0.15) is 0 Å². The molecule has 7 heteroatoms. The highest BCUT2D eigenvalue weighted by Gasteiger charge is 2.15. The van der Waals surface area contributed by atoms with Crippen molar-refractivity contribution in [2.24, 2.45) is 0 Å². The summed E-state index contributed by atoms with van der Waals surface area (Å²) in [5, 5.41) is 4.27. The van der Waals surface area contributed by atoms with Crippen LogP contribution in [-0.4, -0.2) is 18.2 Å². The summed E-state index contributed by atoms with van der Waals surface area (Å²) in [5.41, 5.74) is 2.09. The first-order valence-electron chi connectivity index (χ1n) is 7.30. The molecule has 0 saturated heterocycles. The van der Waals surface area contributed by atoms with Gasteiger partial charge in [-0.3, -0.25) is 9.40 Å². The van der Waals surface area contributed by atoms with E-state index in [1.165, 1.54) is 0 Å². The second-order valence-electron chi connectivity index (χ2n) is 5.44. The molecular weight excluding hydrogens is 390 g/mol. The van der Waals surface area contributed by atoms with Gasteiger partial charge in [0.15, 0.2) is 5.82 Å². The Kier molecular flexibility index (Phi) is 4.73. The number of benzene rings is 2. The molecule has 1 N–H and O–H groups in total. The van der Waals surface area contributed by atoms with Crippen LogP contribution in [0.15, 0.2) is 70.2 Å². The molecule has 1 aromatic heterocycles. The van der Waals surface area contributed by atoms with Crippen LogP contribution >= 0.6 is 15.9 Å². The van der Waals surface area contributed by atoms with E-state index in [1.54, 1.807) is 41.2 Å². The van der Waals surface area contributed by atoms with Crippen LogP contribution in [0.5, 0.6) is 0 Å². The topological polar surface area (TPSA) is 64.0 Å². The lowest BCUT2D eigenvalue weighted by atomic mass is 10.2. The Morgan fingerprint density at radius 3 is 2.38 bits per heavy atom. The number of nitrogens with one attached hydrogen (secondary N) is 1. The van der Waals surface area contributed by atoms with Gasteiger partial charge in [-0.25, -0.2) is 8.42 Å². The van der Waals surface area contributed by atoms with Crippen molar-refractivity contribution in [2.45, 2.75) is 18.4 Å². The van der Waals surface area contributed by atoms with Crippen LogP contribution in [0.25, 0.3) is 0 Å². The predicted molar refractivity (Wildman–Crippen MR) is 97.5 cm³/mol. The van der Waals surface area contributed by atoms with Crippen molar-refractivity contribution < 1.29 is 8.42 Å². The molecule has 5 nitrogen and oxygen atoms in total. The van der Waals surface area contributed by atoms with Crippen LogP contribution < -0.4 is 4.72 Å². The highest BCUT2D eigenvalue weighted by atomic mass is 79.9. The zero-order valence-corrected chi connectivity index (χ0v) is 15.4. The van der Waals surface area contributed by atoms with E-state index in [9.17, 15) is 8.42 Å². The minimum atomic E-state index is -3.63. The number of rotatable bonds is 5. The first kappa shape index (κ1) is 16.7. The second kappa shape index (κ2) is 6.78. The lowest BCUT2D eigenvalue weighted by molar-refractivity contribution is 0.600. The lowest BCUT2D eigenvalue weighted by Crippen LogP contribution is -2.13. The van der Waals surface area contributed by atoms with Crippen LogP contribution in [-0.2, 0) is 16.6 Å². The summed E-state index contributed by atoms with van der Waals surface area (Å²) in [5.74, 6) is 0.299. The summed E-state index contributed by atoms with van der Waals surface area (Å²) >= 11 is 3.40. The number of halogens is 1. The van der Waals surface area contributed by atoms with Crippen LogP contribution in [0.3, 0.4) is 0 Å². The third kappa shape index (κ3) is 4.04. The smallest absolute Gasteiger partial charge is 0.263 e. The normalized spacial score (nSPS) is 11.4. The van der Waals surface area contributed by atoms with E-state index in [0.29, 0.717) is 12.4 Å². The molecule has 124 valence electrons. The number of aryl methyl sites for hydroxylation is 1. The summed E-state index contributed by atoms with van der Waals surface area (Å²) < 4.78 is 29.9. The third-order valence-electron chi connectivity index (χ3n) is 3.47. The van der Waals surface area contributed by atoms with Crippen molar-refractivity contribution in [2.75, 3.05) is 4.72 Å². The van der Waals surface area contributed by atoms with Crippen LogP contribution in [0.4, 0.5) is 5.82 Å². The molecule has 0 aliphatic rings. The lowest BCUT2D eigenvalue weighted by Gasteiger charge is -2.06. The monoisotopic (exact) mass is 405 g/mol. The number of anilines is 1. The van der Waals surface area contributed by atoms with Crippen molar-refractivity contribution in [3.05, 3.63) is 76.4 Å². The first-order chi connectivity index (χ1) is 11.4. The summed E-state index contributed by atoms with van der Waals surface area (Å²) in [6.45, 7) is 2.48. The number of hydrogen-bond acceptors (Lipinski definition) is 3. The van der Waals surface area contributed by atoms with Gasteiger partial charge in [0.25, 0.3) is 10.0 Å². The van der Waals surface area contributed by atoms with Gasteiger partial charge in [-0.1, -0.05) is 45.8 Å². The highest BCUT2D eigenvalue weighted by Crippen LogP contribution is 2.16. The van der Waals surface area contributed by atoms with E-state index >= 15 is 0 Å². The van der Waals surface area contributed by atoms with E-state index in [4.69, 9.17) is 0 Å². The van der Waals surface area contributed by atoms with Gasteiger partial charge in [-0.2, -0.15) is 5.10 Å². The molecule has 0 amide bonds. The number of sulfonamides is 1. The first-order valence-corrected chi connectivity index (χ1v) is 9.57. The van der Waals surface area contributed by atoms with Gasteiger partial charge in [-0.05, 0) is 36.8 Å². The zero-order chi connectivity index (χ0) is 17.2. The molecule has 2 aromatic carbocycles. The number of hydrogen-bond donors (Lipinski definition) is 1. The molecule has 3 rings (SSSR count). The molecule has 0 radical (unpaired) electrons. The second-order valence-corrected chi connectivity index (χ2v) is 8.04. The predicted octanol–water partition coefficient (Wildman–Crippen LogP) is 3.80. The van der Waals surface area contributed by atoms with E-state index in [0.717, 1.165) is 15.6 Å². The largest absolute Gasteiger partial charge is 0.266 e. The Morgan fingerprint density at radius 1 is 1.04 bits per heavy atom. The quantitative estimate of drug-likeness (QED) is 0.701. The third-order valence-corrected chi connectivity index (χ3v) is 5.37. The van der Waals surface area contributed by atoms with Gasteiger partial charge < -0.3 is 0 Å². The Balaban J connectivity index is 1.73. The van der Waals surface area contributed by atoms with Crippen molar-refractivity contribution >= 4 is 31.8 Å². The number of nitrogens with zero attached hydrogens (tertiary/aromatic N) is 2. The maximum Gasteiger partial charge on any atom is 0.263 e. The van der Waals surface area contributed by atoms with Gasteiger partial charge >= 0.3 is 0 Å². The Morgan fingerprint density at radius 2 is 1.71 bits per heavy atom. The minimum Gasteiger partial charge on any atom is -0.266 e. The summed E-state index contributed by atoms with van der Waals surface area (Å²) in [6, 6.07) is 16.2. The fourth-order valence-corrected chi connectivity index (χ4v) is 3.46. The molecule has 24 heavy (non-hydrogen) atoms. The van der Waals surface area contributed by atoms with Crippen molar-refractivity contribution in [3.63, 3.8) is 0 Å². The van der Waals surface area contributed by atoms with Crippen molar-refractivity contribution in [1.82, 2.24) is 9.78 Å². The standard InChI is InChI=1S/C17H16BrN3O2S/c1-13-2-8-16(9-3-13)24(22,23)20-17-10-11-21(19-17)12-14-4-6-15(18)7-5-14/h2-11H,12H2,1H3,(H,19,20). The number of aromatic nitrogens is 2. The molecule has 3 aromatic rings. The van der Waals surface area contributed by atoms with Crippen LogP contribution in [0, 0.1) is 6.92 Å². The molecule has 0 bridgehead atoms. The minimum absolute atomic E-state index is 0.218. The SMILES string of the molecule is Cc1ccc(S(=O)(=O)Nc2ccn(Cc3ccc(Br)cc3)n2)cc1. The van der Waals surface area contributed by atoms with Gasteiger partial charge in [0.2, 0.25) is 0 Å². The van der Waals surface area contributed by atoms with Crippen LogP contribution in [0.2, 0.25) is 0 Å².